The average Bonchev–Trinajstić information content (AvgIpc) is 2.93. The molecule has 0 aliphatic carbocycles. The SMILES string of the molecule is COC(=O)CC1c2cccc(F)c2N=C(c2ccc(-c3ccc(F)cc3)cc2)N1c1ccc(F)c(C(F)(F)F)c1. The molecule has 0 saturated heterocycles. The number of esters is 1. The quantitative estimate of drug-likeness (QED) is 0.186. The number of benzene rings is 4. The minimum absolute atomic E-state index is 0.0388. The van der Waals surface area contributed by atoms with Crippen molar-refractivity contribution in [2.75, 3.05) is 12.0 Å². The highest BCUT2D eigenvalue weighted by Gasteiger charge is 2.38. The molecule has 0 aromatic heterocycles. The lowest BCUT2D eigenvalue weighted by Gasteiger charge is -2.38. The Labute approximate surface area is 225 Å². The van der Waals surface area contributed by atoms with E-state index in [0.717, 1.165) is 13.2 Å². The van der Waals surface area contributed by atoms with Gasteiger partial charge in [-0.2, -0.15) is 13.2 Å². The number of ether oxygens (including phenoxy) is 1. The Balaban J connectivity index is 1.70. The second-order valence-electron chi connectivity index (χ2n) is 9.03. The predicted molar refractivity (Wildman–Crippen MR) is 138 cm³/mol. The van der Waals surface area contributed by atoms with Gasteiger partial charge in [0.15, 0.2) is 0 Å². The number of para-hydroxylation sites is 1. The van der Waals surface area contributed by atoms with Gasteiger partial charge in [-0.3, -0.25) is 4.79 Å². The Hall–Kier alpha value is -4.60. The van der Waals surface area contributed by atoms with E-state index in [0.29, 0.717) is 28.8 Å². The molecule has 1 aliphatic heterocycles. The van der Waals surface area contributed by atoms with E-state index in [2.05, 4.69) is 4.99 Å². The lowest BCUT2D eigenvalue weighted by molar-refractivity contribution is -0.141. The number of rotatable bonds is 5. The van der Waals surface area contributed by atoms with E-state index < -0.39 is 41.2 Å². The van der Waals surface area contributed by atoms with E-state index in [1.54, 1.807) is 36.4 Å². The average molecular weight is 554 g/mol. The van der Waals surface area contributed by atoms with Gasteiger partial charge in [-0.25, -0.2) is 18.2 Å². The van der Waals surface area contributed by atoms with E-state index in [4.69, 9.17) is 4.74 Å². The van der Waals surface area contributed by atoms with Crippen LogP contribution < -0.4 is 4.90 Å². The molecular weight excluding hydrogens is 534 g/mol. The molecule has 0 radical (unpaired) electrons. The molecular formula is C30H20F6N2O2. The Morgan fingerprint density at radius 2 is 1.48 bits per heavy atom. The van der Waals surface area contributed by atoms with Crippen LogP contribution in [0.5, 0.6) is 0 Å². The van der Waals surface area contributed by atoms with Crippen molar-refractivity contribution in [3.05, 3.63) is 119 Å². The Morgan fingerprint density at radius 3 is 2.10 bits per heavy atom. The summed E-state index contributed by atoms with van der Waals surface area (Å²) in [4.78, 5) is 18.3. The Morgan fingerprint density at radius 1 is 0.850 bits per heavy atom. The number of carbonyl (C=O) groups excluding carboxylic acids is 1. The van der Waals surface area contributed by atoms with Crippen molar-refractivity contribution >= 4 is 23.2 Å². The van der Waals surface area contributed by atoms with Crippen molar-refractivity contribution in [3.63, 3.8) is 0 Å². The zero-order valence-electron chi connectivity index (χ0n) is 20.8. The van der Waals surface area contributed by atoms with Gasteiger partial charge in [0.2, 0.25) is 0 Å². The number of methoxy groups -OCH3 is 1. The number of hydrogen-bond donors (Lipinski definition) is 0. The third kappa shape index (κ3) is 5.16. The second-order valence-corrected chi connectivity index (χ2v) is 9.03. The molecule has 4 nitrogen and oxygen atoms in total. The van der Waals surface area contributed by atoms with Crippen molar-refractivity contribution in [3.8, 4) is 11.1 Å². The van der Waals surface area contributed by atoms with Gasteiger partial charge in [0.05, 0.1) is 25.1 Å². The first kappa shape index (κ1) is 27.0. The van der Waals surface area contributed by atoms with Crippen LogP contribution in [0, 0.1) is 17.5 Å². The normalized spacial score (nSPS) is 14.9. The molecule has 204 valence electrons. The molecule has 0 amide bonds. The number of carbonyl (C=O) groups is 1. The number of fused-ring (bicyclic) bond motifs is 1. The molecule has 0 spiro atoms. The maximum absolute atomic E-state index is 15.0. The Kier molecular flexibility index (Phi) is 7.10. The van der Waals surface area contributed by atoms with Crippen LogP contribution in [0.2, 0.25) is 0 Å². The Bertz CT molecular complexity index is 1600. The number of amidine groups is 1. The summed E-state index contributed by atoms with van der Waals surface area (Å²) >= 11 is 0. The van der Waals surface area contributed by atoms with Crippen molar-refractivity contribution in [1.82, 2.24) is 0 Å². The summed E-state index contributed by atoms with van der Waals surface area (Å²) in [5, 5.41) is 0. The van der Waals surface area contributed by atoms with Crippen LogP contribution in [0.25, 0.3) is 11.1 Å². The van der Waals surface area contributed by atoms with E-state index in [1.807, 2.05) is 0 Å². The molecule has 1 heterocycles. The highest BCUT2D eigenvalue weighted by molar-refractivity contribution is 6.13. The fourth-order valence-corrected chi connectivity index (χ4v) is 4.65. The summed E-state index contributed by atoms with van der Waals surface area (Å²) < 4.78 is 88.4. The number of halogens is 6. The van der Waals surface area contributed by atoms with E-state index >= 15 is 4.39 Å². The number of aliphatic imine (C=N–C) groups is 1. The smallest absolute Gasteiger partial charge is 0.419 e. The molecule has 0 bridgehead atoms. The van der Waals surface area contributed by atoms with Crippen LogP contribution in [-0.4, -0.2) is 18.9 Å². The van der Waals surface area contributed by atoms with E-state index in [1.165, 1.54) is 35.2 Å². The topological polar surface area (TPSA) is 41.9 Å². The zero-order valence-corrected chi connectivity index (χ0v) is 20.8. The summed E-state index contributed by atoms with van der Waals surface area (Å²) in [6, 6.07) is 18.0. The first-order valence-corrected chi connectivity index (χ1v) is 12.0. The van der Waals surface area contributed by atoms with Gasteiger partial charge in [-0.1, -0.05) is 48.5 Å². The molecule has 4 aromatic rings. The third-order valence-electron chi connectivity index (χ3n) is 6.58. The number of nitrogens with zero attached hydrogens (tertiary/aromatic N) is 2. The van der Waals surface area contributed by atoms with Crippen molar-refractivity contribution in [1.29, 1.82) is 0 Å². The van der Waals surface area contributed by atoms with Gasteiger partial charge in [0, 0.05) is 16.8 Å². The summed E-state index contributed by atoms with van der Waals surface area (Å²) in [5.41, 5.74) is 0.358. The fourth-order valence-electron chi connectivity index (χ4n) is 4.65. The van der Waals surface area contributed by atoms with Crippen LogP contribution in [0.3, 0.4) is 0 Å². The van der Waals surface area contributed by atoms with Crippen molar-refractivity contribution in [2.24, 2.45) is 4.99 Å². The van der Waals surface area contributed by atoms with Crippen LogP contribution in [0.15, 0.2) is 89.9 Å². The summed E-state index contributed by atoms with van der Waals surface area (Å²) in [7, 11) is 1.16. The monoisotopic (exact) mass is 554 g/mol. The van der Waals surface area contributed by atoms with Crippen LogP contribution in [0.1, 0.15) is 29.2 Å². The number of hydrogen-bond acceptors (Lipinski definition) is 4. The van der Waals surface area contributed by atoms with Gasteiger partial charge < -0.3 is 9.64 Å². The summed E-state index contributed by atoms with van der Waals surface area (Å²) in [6.07, 6.45) is -5.36. The second kappa shape index (κ2) is 10.5. The molecule has 0 saturated carbocycles. The molecule has 1 aliphatic rings. The van der Waals surface area contributed by atoms with Gasteiger partial charge in [-0.05, 0) is 47.5 Å². The van der Waals surface area contributed by atoms with Gasteiger partial charge >= 0.3 is 12.1 Å². The molecule has 40 heavy (non-hydrogen) atoms. The maximum atomic E-state index is 15.0. The van der Waals surface area contributed by atoms with Gasteiger partial charge in [0.1, 0.15) is 29.0 Å². The van der Waals surface area contributed by atoms with E-state index in [-0.39, 0.29) is 29.2 Å². The van der Waals surface area contributed by atoms with Crippen LogP contribution in [0.4, 0.5) is 37.7 Å². The summed E-state index contributed by atoms with van der Waals surface area (Å²) in [5.74, 6) is -3.22. The lowest BCUT2D eigenvalue weighted by atomic mass is 9.94. The van der Waals surface area contributed by atoms with Crippen molar-refractivity contribution < 1.29 is 35.9 Å². The maximum Gasteiger partial charge on any atom is 0.419 e. The van der Waals surface area contributed by atoms with Gasteiger partial charge in [0.25, 0.3) is 0 Å². The minimum atomic E-state index is -4.99. The highest BCUT2D eigenvalue weighted by Crippen LogP contribution is 2.44. The molecule has 1 atom stereocenters. The van der Waals surface area contributed by atoms with E-state index in [9.17, 15) is 26.7 Å². The standard InChI is InChI=1S/C30H20F6N2O2/c1-40-27(39)16-26-22-3-2-4-25(33)28(22)37-29(38(26)21-13-14-24(32)23(15-21)30(34,35)36)19-7-5-17(6-8-19)18-9-11-20(31)12-10-18/h2-15,26H,16H2,1H3. The lowest BCUT2D eigenvalue weighted by Crippen LogP contribution is -2.39. The number of anilines is 1. The molecule has 1 unspecified atom stereocenters. The van der Waals surface area contributed by atoms with Crippen molar-refractivity contribution in [2.45, 2.75) is 18.6 Å². The largest absolute Gasteiger partial charge is 0.469 e. The fraction of sp³-hybridized carbons (Fsp3) is 0.133. The number of alkyl halides is 3. The van der Waals surface area contributed by atoms with Gasteiger partial charge in [-0.15, -0.1) is 0 Å². The molecule has 10 heteroatoms. The minimum Gasteiger partial charge on any atom is -0.469 e. The first-order chi connectivity index (χ1) is 19.1. The molecule has 4 aromatic carbocycles. The zero-order chi connectivity index (χ0) is 28.6. The summed E-state index contributed by atoms with van der Waals surface area (Å²) in [6.45, 7) is 0. The van der Waals surface area contributed by atoms with Crippen LogP contribution in [-0.2, 0) is 15.7 Å². The predicted octanol–water partition coefficient (Wildman–Crippen LogP) is 7.99. The van der Waals surface area contributed by atoms with Crippen LogP contribution >= 0.6 is 0 Å². The molecule has 0 fully saturated rings. The first-order valence-electron chi connectivity index (χ1n) is 12.0. The highest BCUT2D eigenvalue weighted by atomic mass is 19.4. The third-order valence-corrected chi connectivity index (χ3v) is 6.58. The molecule has 0 N–H and O–H groups in total. The molecule has 5 rings (SSSR count).